The van der Waals surface area contributed by atoms with E-state index in [9.17, 15) is 4.79 Å². The largest absolute Gasteiger partial charge is 0.458 e. The molecule has 4 heteroatoms. The number of rotatable bonds is 3. The fraction of sp³-hybridized carbons (Fsp3) is 0.267. The first-order valence-electron chi connectivity index (χ1n) is 6.08. The van der Waals surface area contributed by atoms with Crippen LogP contribution in [0.3, 0.4) is 0 Å². The molecule has 4 nitrogen and oxygen atoms in total. The Bertz CT molecular complexity index is 552. The smallest absolute Gasteiger partial charge is 0.311 e. The molecule has 0 aliphatic carbocycles. The Labute approximate surface area is 112 Å². The molecule has 2 rings (SSSR count). The number of nitrogens with one attached hydrogen (secondary N) is 1. The van der Waals surface area contributed by atoms with Crippen molar-refractivity contribution in [2.45, 2.75) is 26.4 Å². The number of amides is 1. The zero-order valence-electron chi connectivity index (χ0n) is 11.3. The van der Waals surface area contributed by atoms with E-state index in [4.69, 9.17) is 9.25 Å². The van der Waals surface area contributed by atoms with Gasteiger partial charge in [0.25, 0.3) is 0 Å². The molecule has 1 amide bonds. The van der Waals surface area contributed by atoms with E-state index < -0.39 is 11.5 Å². The summed E-state index contributed by atoms with van der Waals surface area (Å²) in [6.07, 6.45) is 1.49. The minimum atomic E-state index is -0.449. The van der Waals surface area contributed by atoms with Gasteiger partial charge in [-0.25, -0.2) is 5.48 Å². The van der Waals surface area contributed by atoms with Crippen LogP contribution >= 0.6 is 0 Å². The van der Waals surface area contributed by atoms with E-state index in [0.29, 0.717) is 0 Å². The molecule has 0 unspecified atom stereocenters. The van der Waals surface area contributed by atoms with Crippen LogP contribution in [0.15, 0.2) is 47.1 Å². The van der Waals surface area contributed by atoms with Crippen LogP contribution in [0.1, 0.15) is 31.3 Å². The number of hydrogen-bond donors (Lipinski definition) is 1. The van der Waals surface area contributed by atoms with Crippen LogP contribution in [0.2, 0.25) is 0 Å². The predicted octanol–water partition coefficient (Wildman–Crippen LogP) is 3.41. The average molecular weight is 259 g/mol. The van der Waals surface area contributed by atoms with Crippen LogP contribution in [0.4, 0.5) is 0 Å². The van der Waals surface area contributed by atoms with Gasteiger partial charge in [-0.2, -0.15) is 0 Å². The second-order valence-corrected chi connectivity index (χ2v) is 5.18. The first-order valence-corrected chi connectivity index (χ1v) is 6.08. The molecule has 2 aromatic rings. The van der Waals surface area contributed by atoms with Gasteiger partial charge in [-0.15, -0.1) is 0 Å². The average Bonchev–Trinajstić information content (AvgIpc) is 2.85. The molecule has 0 fully saturated rings. The van der Waals surface area contributed by atoms with Gasteiger partial charge in [0.15, 0.2) is 0 Å². The van der Waals surface area contributed by atoms with Gasteiger partial charge in [-0.3, -0.25) is 9.63 Å². The fourth-order valence-electron chi connectivity index (χ4n) is 1.58. The Balaban J connectivity index is 2.18. The summed E-state index contributed by atoms with van der Waals surface area (Å²) in [7, 11) is 0. The van der Waals surface area contributed by atoms with Gasteiger partial charge in [0.2, 0.25) is 5.76 Å². The Morgan fingerprint density at radius 1 is 1.16 bits per heavy atom. The summed E-state index contributed by atoms with van der Waals surface area (Å²) in [5.41, 5.74) is 3.63. The molecular weight excluding hydrogens is 242 g/mol. The summed E-state index contributed by atoms with van der Waals surface area (Å²) in [6, 6.07) is 11.4. The number of carbonyl (C=O) groups excluding carboxylic acids is 1. The summed E-state index contributed by atoms with van der Waals surface area (Å²) in [5, 5.41) is 0. The minimum Gasteiger partial charge on any atom is -0.458 e. The quantitative estimate of drug-likeness (QED) is 0.859. The molecule has 0 aliphatic heterocycles. The molecule has 1 N–H and O–H groups in total. The third kappa shape index (κ3) is 3.45. The Hall–Kier alpha value is -2.07. The van der Waals surface area contributed by atoms with Crippen LogP contribution in [-0.2, 0) is 4.84 Å². The lowest BCUT2D eigenvalue weighted by molar-refractivity contribution is -0.0598. The maximum Gasteiger partial charge on any atom is 0.311 e. The van der Waals surface area contributed by atoms with Crippen molar-refractivity contribution in [3.63, 3.8) is 0 Å². The van der Waals surface area contributed by atoms with Gasteiger partial charge < -0.3 is 4.42 Å². The first-order chi connectivity index (χ1) is 8.97. The van der Waals surface area contributed by atoms with Crippen LogP contribution in [-0.4, -0.2) is 11.5 Å². The van der Waals surface area contributed by atoms with E-state index in [0.717, 1.165) is 11.1 Å². The van der Waals surface area contributed by atoms with E-state index in [1.165, 1.54) is 6.26 Å². The van der Waals surface area contributed by atoms with Gasteiger partial charge in [0.05, 0.1) is 11.9 Å². The lowest BCUT2D eigenvalue weighted by atomic mass is 10.1. The van der Waals surface area contributed by atoms with Crippen molar-refractivity contribution >= 4 is 5.91 Å². The highest BCUT2D eigenvalue weighted by molar-refractivity contribution is 5.97. The minimum absolute atomic E-state index is 0.246. The van der Waals surface area contributed by atoms with Crippen molar-refractivity contribution in [1.29, 1.82) is 0 Å². The van der Waals surface area contributed by atoms with Crippen molar-refractivity contribution in [2.75, 3.05) is 0 Å². The van der Waals surface area contributed by atoms with E-state index in [2.05, 4.69) is 5.48 Å². The number of hydroxylamine groups is 1. The van der Waals surface area contributed by atoms with Gasteiger partial charge in [0.1, 0.15) is 0 Å². The van der Waals surface area contributed by atoms with Crippen LogP contribution in [0.5, 0.6) is 0 Å². The number of hydrogen-bond acceptors (Lipinski definition) is 3. The van der Waals surface area contributed by atoms with Crippen molar-refractivity contribution in [3.8, 4) is 11.1 Å². The molecule has 0 bridgehead atoms. The summed E-state index contributed by atoms with van der Waals surface area (Å²) in [4.78, 5) is 17.3. The third-order valence-corrected chi connectivity index (χ3v) is 2.41. The fourth-order valence-corrected chi connectivity index (χ4v) is 1.58. The summed E-state index contributed by atoms with van der Waals surface area (Å²) >= 11 is 0. The van der Waals surface area contributed by atoms with Gasteiger partial charge in [-0.1, -0.05) is 30.3 Å². The molecule has 0 saturated heterocycles. The maximum absolute atomic E-state index is 12.0. The van der Waals surface area contributed by atoms with Crippen molar-refractivity contribution in [3.05, 3.63) is 48.4 Å². The second kappa shape index (κ2) is 5.28. The van der Waals surface area contributed by atoms with Gasteiger partial charge in [-0.05, 0) is 32.4 Å². The third-order valence-electron chi connectivity index (χ3n) is 2.41. The van der Waals surface area contributed by atoms with Crippen molar-refractivity contribution < 1.29 is 14.0 Å². The van der Waals surface area contributed by atoms with Crippen LogP contribution < -0.4 is 5.48 Å². The van der Waals surface area contributed by atoms with E-state index in [1.54, 1.807) is 6.07 Å². The number of furan rings is 1. The molecule has 0 spiro atoms. The number of benzene rings is 1. The highest BCUT2D eigenvalue weighted by Crippen LogP contribution is 2.24. The number of carbonyl (C=O) groups is 1. The summed E-state index contributed by atoms with van der Waals surface area (Å²) in [5.74, 6) is -0.144. The summed E-state index contributed by atoms with van der Waals surface area (Å²) < 4.78 is 5.25. The SMILES string of the molecule is CC(C)(C)ONC(=O)c1occc1-c1ccccc1. The molecule has 0 saturated carbocycles. The standard InChI is InChI=1S/C15H17NO3/c1-15(2,3)19-16-14(17)13-12(9-10-18-13)11-7-5-4-6-8-11/h4-10H,1-3H3,(H,16,17). The molecule has 0 aliphatic rings. The Morgan fingerprint density at radius 2 is 1.84 bits per heavy atom. The lowest BCUT2D eigenvalue weighted by Gasteiger charge is -2.18. The Morgan fingerprint density at radius 3 is 2.47 bits per heavy atom. The molecule has 0 atom stereocenters. The zero-order valence-corrected chi connectivity index (χ0v) is 11.3. The molecule has 1 aromatic heterocycles. The maximum atomic E-state index is 12.0. The van der Waals surface area contributed by atoms with E-state index >= 15 is 0 Å². The summed E-state index contributed by atoms with van der Waals surface area (Å²) in [6.45, 7) is 5.56. The topological polar surface area (TPSA) is 51.5 Å². The molecular formula is C15H17NO3. The van der Waals surface area contributed by atoms with E-state index in [-0.39, 0.29) is 5.76 Å². The van der Waals surface area contributed by atoms with Crippen molar-refractivity contribution in [1.82, 2.24) is 5.48 Å². The normalized spacial score (nSPS) is 11.3. The molecule has 0 radical (unpaired) electrons. The molecule has 1 heterocycles. The molecule has 1 aromatic carbocycles. The monoisotopic (exact) mass is 259 g/mol. The molecule has 100 valence electrons. The second-order valence-electron chi connectivity index (χ2n) is 5.18. The highest BCUT2D eigenvalue weighted by Gasteiger charge is 2.19. The van der Waals surface area contributed by atoms with Gasteiger partial charge in [0, 0.05) is 5.56 Å². The Kier molecular flexibility index (Phi) is 3.71. The zero-order chi connectivity index (χ0) is 13.9. The van der Waals surface area contributed by atoms with Crippen LogP contribution in [0.25, 0.3) is 11.1 Å². The van der Waals surface area contributed by atoms with Crippen molar-refractivity contribution in [2.24, 2.45) is 0 Å². The van der Waals surface area contributed by atoms with E-state index in [1.807, 2.05) is 51.1 Å². The molecule has 19 heavy (non-hydrogen) atoms. The first kappa shape index (κ1) is 13.4. The predicted molar refractivity (Wildman–Crippen MR) is 72.4 cm³/mol. The highest BCUT2D eigenvalue weighted by atomic mass is 16.7. The van der Waals surface area contributed by atoms with Gasteiger partial charge >= 0.3 is 5.91 Å². The lowest BCUT2D eigenvalue weighted by Crippen LogP contribution is -2.33. The van der Waals surface area contributed by atoms with Crippen LogP contribution in [0, 0.1) is 0 Å².